The predicted octanol–water partition coefficient (Wildman–Crippen LogP) is 1.45. The van der Waals surface area contributed by atoms with E-state index in [-0.39, 0.29) is 22.6 Å². The van der Waals surface area contributed by atoms with E-state index in [1.807, 2.05) is 0 Å². The molecule has 7 nitrogen and oxygen atoms in total. The summed E-state index contributed by atoms with van der Waals surface area (Å²) in [6.07, 6.45) is 2.85. The van der Waals surface area contributed by atoms with Crippen molar-refractivity contribution in [1.29, 1.82) is 0 Å². The van der Waals surface area contributed by atoms with Crippen LogP contribution in [-0.4, -0.2) is 30.2 Å². The second-order valence-corrected chi connectivity index (χ2v) is 5.83. The number of hydrogen-bond donors (Lipinski definition) is 2. The van der Waals surface area contributed by atoms with E-state index in [4.69, 9.17) is 11.6 Å². The molecule has 2 N–H and O–H groups in total. The number of aromatic nitrogens is 2. The first-order valence-corrected chi connectivity index (χ1v) is 7.79. The van der Waals surface area contributed by atoms with Gasteiger partial charge in [0.25, 0.3) is 10.0 Å². The summed E-state index contributed by atoms with van der Waals surface area (Å²) in [5.74, 6) is -0.562. The van der Waals surface area contributed by atoms with Gasteiger partial charge in [0.15, 0.2) is 0 Å². The van der Waals surface area contributed by atoms with E-state index < -0.39 is 10.0 Å². The topological polar surface area (TPSA) is 101 Å². The molecule has 0 fully saturated rings. The fourth-order valence-corrected chi connectivity index (χ4v) is 2.47. The maximum absolute atomic E-state index is 12.1. The maximum atomic E-state index is 12.1. The van der Waals surface area contributed by atoms with Gasteiger partial charge in [-0.25, -0.2) is 23.1 Å². The molecule has 0 radical (unpaired) electrons. The molecular weight excluding hydrogens is 316 g/mol. The summed E-state index contributed by atoms with van der Waals surface area (Å²) in [6.45, 7) is 0. The minimum Gasteiger partial charge on any atom is -0.325 e. The molecule has 1 heterocycles. The smallest absolute Gasteiger partial charge is 0.264 e. The summed E-state index contributed by atoms with van der Waals surface area (Å²) >= 11 is 5.36. The lowest BCUT2D eigenvalue weighted by Gasteiger charge is -2.07. The molecular formula is C12H11ClN4O3S. The van der Waals surface area contributed by atoms with Crippen LogP contribution in [0.25, 0.3) is 0 Å². The molecule has 1 amide bonds. The Bertz CT molecular complexity index is 720. The highest BCUT2D eigenvalue weighted by Crippen LogP contribution is 2.16. The first kappa shape index (κ1) is 15.2. The van der Waals surface area contributed by atoms with Crippen LogP contribution in [0.4, 0.5) is 11.6 Å². The van der Waals surface area contributed by atoms with Crippen molar-refractivity contribution in [2.45, 2.75) is 4.90 Å². The van der Waals surface area contributed by atoms with Crippen molar-refractivity contribution in [2.75, 3.05) is 15.9 Å². The third-order valence-corrected chi connectivity index (χ3v) is 3.95. The lowest BCUT2D eigenvalue weighted by molar-refractivity contribution is -0.113. The molecule has 0 aliphatic rings. The number of carbonyl (C=O) groups excluding carboxylic acids is 1. The van der Waals surface area contributed by atoms with Gasteiger partial charge in [-0.1, -0.05) is 0 Å². The molecule has 1 aromatic carbocycles. The summed E-state index contributed by atoms with van der Waals surface area (Å²) in [5, 5.41) is 2.51. The fraction of sp³-hybridized carbons (Fsp3) is 0.0833. The monoisotopic (exact) mass is 326 g/mol. The number of halogens is 1. The van der Waals surface area contributed by atoms with E-state index in [2.05, 4.69) is 20.0 Å². The molecule has 0 unspecified atom stereocenters. The van der Waals surface area contributed by atoms with Crippen LogP contribution in [0.15, 0.2) is 47.6 Å². The molecule has 21 heavy (non-hydrogen) atoms. The minimum absolute atomic E-state index is 0.0166. The molecule has 0 bridgehead atoms. The van der Waals surface area contributed by atoms with Gasteiger partial charge in [0.1, 0.15) is 5.88 Å². The normalized spacial score (nSPS) is 10.9. The highest BCUT2D eigenvalue weighted by atomic mass is 35.5. The Balaban J connectivity index is 2.15. The Hall–Kier alpha value is -2.19. The molecule has 2 rings (SSSR count). The van der Waals surface area contributed by atoms with Crippen LogP contribution in [0.2, 0.25) is 0 Å². The first-order valence-electron chi connectivity index (χ1n) is 5.77. The van der Waals surface area contributed by atoms with Gasteiger partial charge in [-0.3, -0.25) is 4.79 Å². The van der Waals surface area contributed by atoms with Gasteiger partial charge in [0.05, 0.1) is 4.90 Å². The van der Waals surface area contributed by atoms with Crippen LogP contribution in [0, 0.1) is 0 Å². The molecule has 0 spiro atoms. The lowest BCUT2D eigenvalue weighted by atomic mass is 10.3. The van der Waals surface area contributed by atoms with Crippen molar-refractivity contribution in [3.63, 3.8) is 0 Å². The number of alkyl halides is 1. The molecule has 110 valence electrons. The summed E-state index contributed by atoms with van der Waals surface area (Å²) < 4.78 is 26.4. The lowest BCUT2D eigenvalue weighted by Crippen LogP contribution is -2.15. The maximum Gasteiger partial charge on any atom is 0.264 e. The Kier molecular flexibility index (Phi) is 4.71. The Labute approximate surface area is 126 Å². The second-order valence-electron chi connectivity index (χ2n) is 3.88. The standard InChI is InChI=1S/C12H11ClN4O3S/c13-8-11(18)16-9-2-4-10(5-3-9)21(19,20)17-12-14-6-1-7-15-12/h1-7H,8H2,(H,16,18)(H,14,15,17). The van der Waals surface area contributed by atoms with Gasteiger partial charge in [-0.2, -0.15) is 0 Å². The van der Waals surface area contributed by atoms with E-state index >= 15 is 0 Å². The number of carbonyl (C=O) groups is 1. The van der Waals surface area contributed by atoms with E-state index in [9.17, 15) is 13.2 Å². The van der Waals surface area contributed by atoms with Crippen molar-refractivity contribution in [1.82, 2.24) is 9.97 Å². The number of rotatable bonds is 5. The third kappa shape index (κ3) is 4.14. The number of benzene rings is 1. The van der Waals surface area contributed by atoms with E-state index in [1.54, 1.807) is 6.07 Å². The SMILES string of the molecule is O=C(CCl)Nc1ccc(S(=O)(=O)Nc2ncccn2)cc1. The number of amides is 1. The van der Waals surface area contributed by atoms with Crippen LogP contribution in [0.3, 0.4) is 0 Å². The van der Waals surface area contributed by atoms with Gasteiger partial charge < -0.3 is 5.32 Å². The zero-order chi connectivity index (χ0) is 15.3. The van der Waals surface area contributed by atoms with Crippen molar-refractivity contribution < 1.29 is 13.2 Å². The number of nitrogens with one attached hydrogen (secondary N) is 2. The van der Waals surface area contributed by atoms with Crippen LogP contribution < -0.4 is 10.0 Å². The van der Waals surface area contributed by atoms with E-state index in [1.165, 1.54) is 36.7 Å². The number of nitrogens with zero attached hydrogens (tertiary/aromatic N) is 2. The Morgan fingerprint density at radius 2 is 1.76 bits per heavy atom. The minimum atomic E-state index is -3.78. The molecule has 2 aromatic rings. The van der Waals surface area contributed by atoms with Crippen LogP contribution in [-0.2, 0) is 14.8 Å². The van der Waals surface area contributed by atoms with Gasteiger partial charge in [0.2, 0.25) is 11.9 Å². The average Bonchev–Trinajstić information content (AvgIpc) is 2.48. The van der Waals surface area contributed by atoms with Crippen LogP contribution >= 0.6 is 11.6 Å². The van der Waals surface area contributed by atoms with Gasteiger partial charge >= 0.3 is 0 Å². The van der Waals surface area contributed by atoms with Crippen molar-refractivity contribution in [2.24, 2.45) is 0 Å². The second kappa shape index (κ2) is 6.51. The quantitative estimate of drug-likeness (QED) is 0.810. The molecule has 0 atom stereocenters. The average molecular weight is 327 g/mol. The summed E-state index contributed by atoms with van der Waals surface area (Å²) in [7, 11) is -3.78. The molecule has 0 aliphatic heterocycles. The molecule has 0 aliphatic carbocycles. The molecule has 9 heteroatoms. The van der Waals surface area contributed by atoms with Crippen LogP contribution in [0.5, 0.6) is 0 Å². The van der Waals surface area contributed by atoms with Crippen molar-refractivity contribution in [3.05, 3.63) is 42.7 Å². The first-order chi connectivity index (χ1) is 10.0. The van der Waals surface area contributed by atoms with E-state index in [0.717, 1.165) is 0 Å². The molecule has 0 saturated heterocycles. The predicted molar refractivity (Wildman–Crippen MR) is 78.6 cm³/mol. The highest BCUT2D eigenvalue weighted by molar-refractivity contribution is 7.92. The molecule has 1 aromatic heterocycles. The van der Waals surface area contributed by atoms with Gasteiger partial charge in [-0.05, 0) is 30.3 Å². The zero-order valence-electron chi connectivity index (χ0n) is 10.7. The summed E-state index contributed by atoms with van der Waals surface area (Å²) in [5.41, 5.74) is 0.454. The van der Waals surface area contributed by atoms with E-state index in [0.29, 0.717) is 5.69 Å². The number of sulfonamides is 1. The molecule has 0 saturated carbocycles. The van der Waals surface area contributed by atoms with Gasteiger partial charge in [-0.15, -0.1) is 11.6 Å². The zero-order valence-corrected chi connectivity index (χ0v) is 12.2. The number of anilines is 2. The fourth-order valence-electron chi connectivity index (χ4n) is 1.44. The summed E-state index contributed by atoms with van der Waals surface area (Å²) in [6, 6.07) is 7.21. The van der Waals surface area contributed by atoms with Gasteiger partial charge in [0, 0.05) is 18.1 Å². The van der Waals surface area contributed by atoms with Crippen LogP contribution in [0.1, 0.15) is 0 Å². The third-order valence-electron chi connectivity index (χ3n) is 2.36. The van der Waals surface area contributed by atoms with Crippen molar-refractivity contribution in [3.8, 4) is 0 Å². The largest absolute Gasteiger partial charge is 0.325 e. The van der Waals surface area contributed by atoms with Crippen molar-refractivity contribution >= 4 is 39.2 Å². The summed E-state index contributed by atoms with van der Waals surface area (Å²) in [4.78, 5) is 18.7. The Morgan fingerprint density at radius 1 is 1.14 bits per heavy atom. The highest BCUT2D eigenvalue weighted by Gasteiger charge is 2.15. The number of hydrogen-bond acceptors (Lipinski definition) is 5. The Morgan fingerprint density at radius 3 is 2.33 bits per heavy atom.